The van der Waals surface area contributed by atoms with Crippen LogP contribution in [0.15, 0.2) is 6.33 Å². The molecule has 0 aliphatic heterocycles. The van der Waals surface area contributed by atoms with Crippen molar-refractivity contribution in [3.8, 4) is 11.8 Å². The molecule has 0 spiro atoms. The summed E-state index contributed by atoms with van der Waals surface area (Å²) >= 11 is 0. The van der Waals surface area contributed by atoms with Crippen LogP contribution in [-0.2, 0) is 13.3 Å². The van der Waals surface area contributed by atoms with E-state index in [0.717, 1.165) is 12.5 Å². The second kappa shape index (κ2) is 10.7. The van der Waals surface area contributed by atoms with Gasteiger partial charge >= 0.3 is 8.80 Å². The molecule has 0 saturated carbocycles. The first kappa shape index (κ1) is 18.9. The lowest BCUT2D eigenvalue weighted by Crippen LogP contribution is -2.45. The molecule has 1 rings (SSSR count). The van der Waals surface area contributed by atoms with Gasteiger partial charge in [0.05, 0.1) is 6.33 Å². The Balaban J connectivity index is 0.000000428. The SMILES string of the molecule is CCC[Si](OCC)(OCC)OCC.Oc1nc[nH]c1O. The Morgan fingerprint density at radius 3 is 1.75 bits per heavy atom. The number of aromatic nitrogens is 2. The van der Waals surface area contributed by atoms with Crippen LogP contribution >= 0.6 is 0 Å². The van der Waals surface area contributed by atoms with E-state index in [4.69, 9.17) is 23.5 Å². The third kappa shape index (κ3) is 6.90. The molecule has 8 heteroatoms. The van der Waals surface area contributed by atoms with Crippen molar-refractivity contribution in [2.45, 2.75) is 40.2 Å². The highest BCUT2D eigenvalue weighted by atomic mass is 28.4. The molecule has 0 fully saturated rings. The molecule has 20 heavy (non-hydrogen) atoms. The number of hydrogen-bond donors (Lipinski definition) is 3. The minimum absolute atomic E-state index is 0.292. The van der Waals surface area contributed by atoms with Crippen molar-refractivity contribution in [1.29, 1.82) is 0 Å². The van der Waals surface area contributed by atoms with Crippen LogP contribution in [0.5, 0.6) is 11.8 Å². The van der Waals surface area contributed by atoms with E-state index >= 15 is 0 Å². The van der Waals surface area contributed by atoms with E-state index in [-0.39, 0.29) is 11.8 Å². The molecular formula is C12H26N2O5Si. The summed E-state index contributed by atoms with van der Waals surface area (Å²) < 4.78 is 16.9. The third-order valence-electron chi connectivity index (χ3n) is 2.25. The molecule has 3 N–H and O–H groups in total. The predicted octanol–water partition coefficient (Wildman–Crippen LogP) is 2.27. The van der Waals surface area contributed by atoms with Gasteiger partial charge in [0.15, 0.2) is 0 Å². The van der Waals surface area contributed by atoms with Crippen molar-refractivity contribution in [2.24, 2.45) is 0 Å². The van der Waals surface area contributed by atoms with Crippen LogP contribution in [0.4, 0.5) is 0 Å². The zero-order chi connectivity index (χ0) is 15.4. The summed E-state index contributed by atoms with van der Waals surface area (Å²) in [7, 11) is -2.30. The fraction of sp³-hybridized carbons (Fsp3) is 0.750. The molecule has 0 aromatic carbocycles. The largest absolute Gasteiger partial charge is 0.500 e. The van der Waals surface area contributed by atoms with Gasteiger partial charge < -0.3 is 28.5 Å². The molecule has 0 amide bonds. The zero-order valence-corrected chi connectivity index (χ0v) is 13.7. The molecule has 0 bridgehead atoms. The number of nitrogens with one attached hydrogen (secondary N) is 1. The Morgan fingerprint density at radius 2 is 1.55 bits per heavy atom. The van der Waals surface area contributed by atoms with Crippen molar-refractivity contribution in [3.63, 3.8) is 0 Å². The molecule has 1 aromatic rings. The molecule has 0 aliphatic carbocycles. The maximum atomic E-state index is 8.39. The quantitative estimate of drug-likeness (QED) is 0.637. The van der Waals surface area contributed by atoms with Crippen LogP contribution in [0.25, 0.3) is 0 Å². The summed E-state index contributed by atoms with van der Waals surface area (Å²) in [5.41, 5.74) is 0. The first-order valence-corrected chi connectivity index (χ1v) is 8.81. The van der Waals surface area contributed by atoms with Crippen molar-refractivity contribution in [3.05, 3.63) is 6.33 Å². The van der Waals surface area contributed by atoms with Gasteiger partial charge in [0.1, 0.15) is 0 Å². The van der Waals surface area contributed by atoms with Gasteiger partial charge in [0.25, 0.3) is 11.8 Å². The summed E-state index contributed by atoms with van der Waals surface area (Å²) in [5.74, 6) is -0.653. The molecule has 0 unspecified atom stereocenters. The van der Waals surface area contributed by atoms with E-state index in [9.17, 15) is 0 Å². The van der Waals surface area contributed by atoms with Crippen LogP contribution in [0.3, 0.4) is 0 Å². The summed E-state index contributed by atoms with van der Waals surface area (Å²) in [6.07, 6.45) is 2.25. The summed E-state index contributed by atoms with van der Waals surface area (Å²) in [5, 5.41) is 16.8. The van der Waals surface area contributed by atoms with Crippen LogP contribution in [-0.4, -0.2) is 48.8 Å². The third-order valence-corrected chi connectivity index (χ3v) is 5.55. The number of aromatic hydroxyl groups is 2. The molecule has 0 saturated heterocycles. The van der Waals surface area contributed by atoms with E-state index in [0.29, 0.717) is 19.8 Å². The average Bonchev–Trinajstić information content (AvgIpc) is 2.76. The van der Waals surface area contributed by atoms with Gasteiger partial charge in [-0.05, 0) is 20.8 Å². The van der Waals surface area contributed by atoms with Gasteiger partial charge in [-0.15, -0.1) is 0 Å². The number of imidazole rings is 1. The fourth-order valence-electron chi connectivity index (χ4n) is 1.59. The second-order valence-corrected chi connectivity index (χ2v) is 6.54. The molecule has 0 aliphatic rings. The van der Waals surface area contributed by atoms with E-state index in [1.165, 1.54) is 6.33 Å². The van der Waals surface area contributed by atoms with Crippen molar-refractivity contribution in [2.75, 3.05) is 19.8 Å². The highest BCUT2D eigenvalue weighted by Crippen LogP contribution is 2.17. The maximum Gasteiger partial charge on any atom is 0.500 e. The van der Waals surface area contributed by atoms with Gasteiger partial charge in [-0.2, -0.15) is 4.98 Å². The van der Waals surface area contributed by atoms with Crippen LogP contribution in [0.2, 0.25) is 6.04 Å². The van der Waals surface area contributed by atoms with E-state index in [1.807, 2.05) is 20.8 Å². The lowest BCUT2D eigenvalue weighted by atomic mass is 10.6. The molecule has 7 nitrogen and oxygen atoms in total. The van der Waals surface area contributed by atoms with Gasteiger partial charge in [0, 0.05) is 25.9 Å². The van der Waals surface area contributed by atoms with Gasteiger partial charge in [-0.3, -0.25) is 0 Å². The van der Waals surface area contributed by atoms with Crippen LogP contribution in [0.1, 0.15) is 34.1 Å². The highest BCUT2D eigenvalue weighted by molar-refractivity contribution is 6.60. The second-order valence-electron chi connectivity index (χ2n) is 3.81. The number of aromatic amines is 1. The Bertz CT molecular complexity index is 302. The first-order chi connectivity index (χ1) is 9.55. The van der Waals surface area contributed by atoms with E-state index in [1.54, 1.807) is 0 Å². The summed E-state index contributed by atoms with van der Waals surface area (Å²) in [6.45, 7) is 10.1. The van der Waals surface area contributed by atoms with Crippen LogP contribution < -0.4 is 0 Å². The zero-order valence-electron chi connectivity index (χ0n) is 12.7. The van der Waals surface area contributed by atoms with Crippen molar-refractivity contribution >= 4 is 8.80 Å². The van der Waals surface area contributed by atoms with Gasteiger partial charge in [-0.25, -0.2) is 0 Å². The summed E-state index contributed by atoms with van der Waals surface area (Å²) in [4.78, 5) is 5.53. The van der Waals surface area contributed by atoms with E-state index in [2.05, 4.69) is 16.9 Å². The van der Waals surface area contributed by atoms with Crippen molar-refractivity contribution in [1.82, 2.24) is 9.97 Å². The standard InChI is InChI=1S/C9H22O3Si.C3H4N2O2/c1-5-9-13(10-6-2,11-7-3)12-8-4;6-2-3(7)5-1-4-2/h5-9H2,1-4H3;1,6-7H,(H,4,5). The lowest BCUT2D eigenvalue weighted by molar-refractivity contribution is 0.0712. The monoisotopic (exact) mass is 306 g/mol. The molecule has 0 atom stereocenters. The topological polar surface area (TPSA) is 96.8 Å². The fourth-order valence-corrected chi connectivity index (χ4v) is 4.20. The molecular weight excluding hydrogens is 280 g/mol. The van der Waals surface area contributed by atoms with Crippen LogP contribution in [0, 0.1) is 0 Å². The Morgan fingerprint density at radius 1 is 1.05 bits per heavy atom. The predicted molar refractivity (Wildman–Crippen MR) is 77.6 cm³/mol. The molecule has 1 aromatic heterocycles. The number of hydrogen-bond acceptors (Lipinski definition) is 6. The smallest absolute Gasteiger partial charge is 0.491 e. The number of nitrogens with zero attached hydrogens (tertiary/aromatic N) is 1. The Hall–Kier alpha value is -1.09. The Kier molecular flexibility index (Phi) is 10.1. The average molecular weight is 306 g/mol. The minimum Gasteiger partial charge on any atom is -0.491 e. The summed E-state index contributed by atoms with van der Waals surface area (Å²) in [6, 6.07) is 0.919. The van der Waals surface area contributed by atoms with Gasteiger partial charge in [0.2, 0.25) is 0 Å². The number of H-pyrrole nitrogens is 1. The molecule has 1 heterocycles. The van der Waals surface area contributed by atoms with Gasteiger partial charge in [-0.1, -0.05) is 13.3 Å². The normalized spacial score (nSPS) is 11.0. The highest BCUT2D eigenvalue weighted by Gasteiger charge is 2.38. The molecule has 0 radical (unpaired) electrons. The molecule has 118 valence electrons. The lowest BCUT2D eigenvalue weighted by Gasteiger charge is -2.27. The minimum atomic E-state index is -2.30. The maximum absolute atomic E-state index is 8.39. The van der Waals surface area contributed by atoms with E-state index < -0.39 is 8.80 Å². The Labute approximate surface area is 121 Å². The first-order valence-electron chi connectivity index (χ1n) is 6.88. The number of rotatable bonds is 8. The van der Waals surface area contributed by atoms with Crippen molar-refractivity contribution < 1.29 is 23.5 Å².